The fraction of sp³-hybridized carbons (Fsp3) is 0.727. The van der Waals surface area contributed by atoms with E-state index in [0.717, 1.165) is 13.1 Å². The Bertz CT molecular complexity index is 265. The lowest BCUT2D eigenvalue weighted by atomic mass is 10.2. The maximum Gasteiger partial charge on any atom is 0.0618 e. The van der Waals surface area contributed by atoms with Crippen LogP contribution < -0.4 is 5.32 Å². The van der Waals surface area contributed by atoms with Crippen LogP contribution in [0.5, 0.6) is 0 Å². The number of aryl methyl sites for hydroxylation is 1. The van der Waals surface area contributed by atoms with Crippen LogP contribution in [0.15, 0.2) is 12.3 Å². The average Bonchev–Trinajstić information content (AvgIpc) is 2.50. The van der Waals surface area contributed by atoms with E-state index in [0.29, 0.717) is 12.0 Å². The summed E-state index contributed by atoms with van der Waals surface area (Å²) >= 11 is 0. The minimum absolute atomic E-state index is 0.434. The summed E-state index contributed by atoms with van der Waals surface area (Å²) in [6.07, 6.45) is 1.86. The summed E-state index contributed by atoms with van der Waals surface area (Å²) in [5.74, 6) is 0.709. The Morgan fingerprint density at radius 2 is 2.07 bits per heavy atom. The molecule has 0 fully saturated rings. The summed E-state index contributed by atoms with van der Waals surface area (Å²) in [5.41, 5.74) is 1.23. The van der Waals surface area contributed by atoms with Gasteiger partial charge in [0.05, 0.1) is 6.04 Å². The summed E-state index contributed by atoms with van der Waals surface area (Å²) in [7, 11) is 0. The zero-order valence-corrected chi connectivity index (χ0v) is 9.62. The van der Waals surface area contributed by atoms with Gasteiger partial charge >= 0.3 is 0 Å². The smallest absolute Gasteiger partial charge is 0.0618 e. The number of hydrogen-bond donors (Lipinski definition) is 1. The van der Waals surface area contributed by atoms with E-state index in [4.69, 9.17) is 0 Å². The number of hydrogen-bond acceptors (Lipinski definition) is 2. The Labute approximate surface area is 86.5 Å². The van der Waals surface area contributed by atoms with E-state index in [1.807, 2.05) is 12.3 Å². The molecule has 0 amide bonds. The molecule has 1 rings (SSSR count). The van der Waals surface area contributed by atoms with Crippen LogP contribution in [-0.4, -0.2) is 22.9 Å². The molecule has 1 heterocycles. The van der Waals surface area contributed by atoms with Crippen molar-refractivity contribution in [3.8, 4) is 0 Å². The first kappa shape index (κ1) is 11.2. The molecule has 1 unspecified atom stereocenters. The van der Waals surface area contributed by atoms with Crippen molar-refractivity contribution in [1.82, 2.24) is 15.1 Å². The number of aromatic nitrogens is 2. The lowest BCUT2D eigenvalue weighted by molar-refractivity contribution is 0.428. The lowest BCUT2D eigenvalue weighted by Gasteiger charge is -2.16. The SMILES string of the molecule is Cc1ccnn1C(C)CNCC(C)C. The van der Waals surface area contributed by atoms with Crippen molar-refractivity contribution in [1.29, 1.82) is 0 Å². The summed E-state index contributed by atoms with van der Waals surface area (Å²) < 4.78 is 2.06. The molecule has 0 aliphatic rings. The minimum atomic E-state index is 0.434. The second kappa shape index (κ2) is 5.15. The highest BCUT2D eigenvalue weighted by molar-refractivity contribution is 4.98. The van der Waals surface area contributed by atoms with Gasteiger partial charge in [-0.25, -0.2) is 0 Å². The molecule has 0 aliphatic carbocycles. The standard InChI is InChI=1S/C11H21N3/c1-9(2)7-12-8-11(4)14-10(3)5-6-13-14/h5-6,9,11-12H,7-8H2,1-4H3. The Kier molecular flexibility index (Phi) is 4.14. The monoisotopic (exact) mass is 195 g/mol. The maximum atomic E-state index is 4.29. The fourth-order valence-electron chi connectivity index (χ4n) is 1.51. The summed E-state index contributed by atoms with van der Waals surface area (Å²) in [6, 6.07) is 2.47. The molecule has 80 valence electrons. The molecule has 1 aromatic rings. The van der Waals surface area contributed by atoms with Gasteiger partial charge in [0.25, 0.3) is 0 Å². The normalized spacial score (nSPS) is 13.5. The van der Waals surface area contributed by atoms with Crippen molar-refractivity contribution in [3.05, 3.63) is 18.0 Å². The molecular weight excluding hydrogens is 174 g/mol. The van der Waals surface area contributed by atoms with Crippen molar-refractivity contribution >= 4 is 0 Å². The number of nitrogens with zero attached hydrogens (tertiary/aromatic N) is 2. The van der Waals surface area contributed by atoms with E-state index >= 15 is 0 Å². The Morgan fingerprint density at radius 1 is 1.36 bits per heavy atom. The van der Waals surface area contributed by atoms with E-state index in [1.54, 1.807) is 0 Å². The van der Waals surface area contributed by atoms with Gasteiger partial charge in [0, 0.05) is 18.4 Å². The molecule has 0 bridgehead atoms. The molecule has 0 radical (unpaired) electrons. The quantitative estimate of drug-likeness (QED) is 0.778. The highest BCUT2D eigenvalue weighted by Gasteiger charge is 2.06. The zero-order chi connectivity index (χ0) is 10.6. The Hall–Kier alpha value is -0.830. The third-order valence-corrected chi connectivity index (χ3v) is 2.28. The third-order valence-electron chi connectivity index (χ3n) is 2.28. The largest absolute Gasteiger partial charge is 0.314 e. The van der Waals surface area contributed by atoms with Crippen molar-refractivity contribution in [3.63, 3.8) is 0 Å². The first-order chi connectivity index (χ1) is 6.61. The van der Waals surface area contributed by atoms with E-state index < -0.39 is 0 Å². The molecule has 1 atom stereocenters. The van der Waals surface area contributed by atoms with Gasteiger partial charge in [-0.05, 0) is 32.4 Å². The van der Waals surface area contributed by atoms with Crippen molar-refractivity contribution in [2.75, 3.05) is 13.1 Å². The second-order valence-corrected chi connectivity index (χ2v) is 4.32. The molecule has 0 aromatic carbocycles. The summed E-state index contributed by atoms with van der Waals surface area (Å²) in [6.45, 7) is 10.8. The zero-order valence-electron chi connectivity index (χ0n) is 9.62. The molecule has 14 heavy (non-hydrogen) atoms. The molecule has 3 heteroatoms. The van der Waals surface area contributed by atoms with Crippen LogP contribution in [-0.2, 0) is 0 Å². The van der Waals surface area contributed by atoms with Gasteiger partial charge < -0.3 is 5.32 Å². The van der Waals surface area contributed by atoms with Crippen LogP contribution in [0, 0.1) is 12.8 Å². The van der Waals surface area contributed by atoms with E-state index in [1.165, 1.54) is 5.69 Å². The van der Waals surface area contributed by atoms with Gasteiger partial charge in [0.2, 0.25) is 0 Å². The van der Waals surface area contributed by atoms with Crippen LogP contribution >= 0.6 is 0 Å². The van der Waals surface area contributed by atoms with Gasteiger partial charge in [-0.3, -0.25) is 4.68 Å². The van der Waals surface area contributed by atoms with E-state index in [2.05, 4.69) is 42.8 Å². The number of rotatable bonds is 5. The van der Waals surface area contributed by atoms with Crippen molar-refractivity contribution in [2.45, 2.75) is 33.7 Å². The van der Waals surface area contributed by atoms with Crippen molar-refractivity contribution < 1.29 is 0 Å². The molecule has 1 N–H and O–H groups in total. The van der Waals surface area contributed by atoms with Crippen LogP contribution in [0.3, 0.4) is 0 Å². The highest BCUT2D eigenvalue weighted by Crippen LogP contribution is 2.06. The van der Waals surface area contributed by atoms with Gasteiger partial charge in [-0.2, -0.15) is 5.10 Å². The predicted molar refractivity (Wildman–Crippen MR) is 59.4 cm³/mol. The third kappa shape index (κ3) is 3.14. The first-order valence-corrected chi connectivity index (χ1v) is 5.32. The van der Waals surface area contributed by atoms with Gasteiger partial charge in [0.15, 0.2) is 0 Å². The molecule has 0 spiro atoms. The summed E-state index contributed by atoms with van der Waals surface area (Å²) in [4.78, 5) is 0. The predicted octanol–water partition coefficient (Wildman–Crippen LogP) is 2.00. The molecule has 1 aromatic heterocycles. The van der Waals surface area contributed by atoms with Gasteiger partial charge in [0.1, 0.15) is 0 Å². The van der Waals surface area contributed by atoms with E-state index in [-0.39, 0.29) is 0 Å². The molecule has 3 nitrogen and oxygen atoms in total. The highest BCUT2D eigenvalue weighted by atomic mass is 15.3. The Balaban J connectivity index is 2.36. The van der Waals surface area contributed by atoms with Gasteiger partial charge in [-0.1, -0.05) is 13.8 Å². The second-order valence-electron chi connectivity index (χ2n) is 4.32. The summed E-state index contributed by atoms with van der Waals surface area (Å²) in [5, 5.41) is 7.73. The van der Waals surface area contributed by atoms with Crippen LogP contribution in [0.4, 0.5) is 0 Å². The van der Waals surface area contributed by atoms with Crippen LogP contribution in [0.2, 0.25) is 0 Å². The van der Waals surface area contributed by atoms with Gasteiger partial charge in [-0.15, -0.1) is 0 Å². The van der Waals surface area contributed by atoms with Crippen LogP contribution in [0.25, 0.3) is 0 Å². The maximum absolute atomic E-state index is 4.29. The molecular formula is C11H21N3. The lowest BCUT2D eigenvalue weighted by Crippen LogP contribution is -2.27. The average molecular weight is 195 g/mol. The fourth-order valence-corrected chi connectivity index (χ4v) is 1.51. The first-order valence-electron chi connectivity index (χ1n) is 5.32. The molecule has 0 aliphatic heterocycles. The molecule has 0 saturated carbocycles. The topological polar surface area (TPSA) is 29.9 Å². The van der Waals surface area contributed by atoms with Crippen molar-refractivity contribution in [2.24, 2.45) is 5.92 Å². The minimum Gasteiger partial charge on any atom is -0.314 e. The Morgan fingerprint density at radius 3 is 2.57 bits per heavy atom. The van der Waals surface area contributed by atoms with Crippen LogP contribution in [0.1, 0.15) is 32.5 Å². The number of nitrogens with one attached hydrogen (secondary N) is 1. The molecule has 0 saturated heterocycles. The van der Waals surface area contributed by atoms with E-state index in [9.17, 15) is 0 Å².